The number of aryl methyl sites for hydroxylation is 1. The number of methoxy groups -OCH3 is 1. The summed E-state index contributed by atoms with van der Waals surface area (Å²) in [5.74, 6) is -0.0974. The first-order valence-corrected chi connectivity index (χ1v) is 7.22. The highest BCUT2D eigenvalue weighted by atomic mass is 35.5. The molecule has 0 aromatic heterocycles. The average Bonchev–Trinajstić information content (AvgIpc) is 2.84. The molecule has 2 N–H and O–H groups in total. The number of hydrogen-bond acceptors (Lipinski definition) is 3. The van der Waals surface area contributed by atoms with Gasteiger partial charge in [-0.25, -0.2) is 0 Å². The maximum atomic E-state index is 12.2. The van der Waals surface area contributed by atoms with Gasteiger partial charge in [0.1, 0.15) is 0 Å². The molecule has 1 aromatic rings. The molecule has 0 bridgehead atoms. The zero-order chi connectivity index (χ0) is 14.6. The lowest BCUT2D eigenvalue weighted by Crippen LogP contribution is -2.53. The maximum Gasteiger partial charge on any atom is 0.251 e. The molecule has 1 aliphatic heterocycles. The number of ether oxygens (including phenoxy) is 1. The molecular weight excluding hydrogens is 276 g/mol. The van der Waals surface area contributed by atoms with Crippen molar-refractivity contribution in [1.82, 2.24) is 10.6 Å². The Hall–Kier alpha value is -1.10. The number of carbonyl (C=O) groups is 1. The van der Waals surface area contributed by atoms with E-state index in [9.17, 15) is 4.79 Å². The fourth-order valence-electron chi connectivity index (χ4n) is 2.69. The van der Waals surface area contributed by atoms with Crippen molar-refractivity contribution >= 4 is 17.5 Å². The standard InChI is InChI=1S/C15H21ClN2O2/c1-11-6-12(8-13(16)7-11)14(19)17-9-15(10-20-2)4-3-5-18-15/h6-8,18H,3-5,9-10H2,1-2H3,(H,17,19). The quantitative estimate of drug-likeness (QED) is 0.875. The number of rotatable bonds is 5. The Bertz CT molecular complexity index is 465. The van der Waals surface area contributed by atoms with Crippen LogP contribution in [-0.2, 0) is 4.74 Å². The van der Waals surface area contributed by atoms with E-state index in [-0.39, 0.29) is 11.4 Å². The van der Waals surface area contributed by atoms with E-state index in [0.29, 0.717) is 23.7 Å². The van der Waals surface area contributed by atoms with Gasteiger partial charge in [0.05, 0.1) is 12.1 Å². The molecule has 0 saturated carbocycles. The Balaban J connectivity index is 2.00. The van der Waals surface area contributed by atoms with Gasteiger partial charge in [0.15, 0.2) is 0 Å². The van der Waals surface area contributed by atoms with Gasteiger partial charge in [0.25, 0.3) is 5.91 Å². The summed E-state index contributed by atoms with van der Waals surface area (Å²) in [5, 5.41) is 7.00. The van der Waals surface area contributed by atoms with E-state index in [2.05, 4.69) is 10.6 Å². The average molecular weight is 297 g/mol. The first kappa shape index (κ1) is 15.3. The number of halogens is 1. The van der Waals surface area contributed by atoms with Gasteiger partial charge in [-0.3, -0.25) is 4.79 Å². The van der Waals surface area contributed by atoms with E-state index in [0.717, 1.165) is 24.9 Å². The van der Waals surface area contributed by atoms with Crippen molar-refractivity contribution in [2.24, 2.45) is 0 Å². The Labute approximate surface area is 124 Å². The molecule has 5 heteroatoms. The van der Waals surface area contributed by atoms with E-state index in [1.807, 2.05) is 19.1 Å². The highest BCUT2D eigenvalue weighted by Gasteiger charge is 2.33. The SMILES string of the molecule is COCC1(CNC(=O)c2cc(C)cc(Cl)c2)CCCN1. The number of hydrogen-bond donors (Lipinski definition) is 2. The van der Waals surface area contributed by atoms with Gasteiger partial charge < -0.3 is 15.4 Å². The van der Waals surface area contributed by atoms with Crippen LogP contribution in [0, 0.1) is 6.92 Å². The topological polar surface area (TPSA) is 50.4 Å². The molecule has 20 heavy (non-hydrogen) atoms. The van der Waals surface area contributed by atoms with Crippen LogP contribution in [0.15, 0.2) is 18.2 Å². The van der Waals surface area contributed by atoms with E-state index < -0.39 is 0 Å². The summed E-state index contributed by atoms with van der Waals surface area (Å²) in [5.41, 5.74) is 1.44. The minimum absolute atomic E-state index is 0.0974. The van der Waals surface area contributed by atoms with Crippen LogP contribution in [0.1, 0.15) is 28.8 Å². The largest absolute Gasteiger partial charge is 0.383 e. The monoisotopic (exact) mass is 296 g/mol. The van der Waals surface area contributed by atoms with Crippen molar-refractivity contribution in [3.63, 3.8) is 0 Å². The van der Waals surface area contributed by atoms with Crippen LogP contribution in [0.25, 0.3) is 0 Å². The van der Waals surface area contributed by atoms with Gasteiger partial charge in [0, 0.05) is 24.2 Å². The van der Waals surface area contributed by atoms with Crippen LogP contribution in [0.4, 0.5) is 0 Å². The van der Waals surface area contributed by atoms with Gasteiger partial charge in [-0.1, -0.05) is 11.6 Å². The van der Waals surface area contributed by atoms with Crippen molar-refractivity contribution in [2.75, 3.05) is 26.8 Å². The Kier molecular flexibility index (Phi) is 5.02. The van der Waals surface area contributed by atoms with Gasteiger partial charge in [-0.15, -0.1) is 0 Å². The lowest BCUT2D eigenvalue weighted by Gasteiger charge is -2.29. The fourth-order valence-corrected chi connectivity index (χ4v) is 2.98. The third kappa shape index (κ3) is 3.72. The molecule has 1 fully saturated rings. The summed E-state index contributed by atoms with van der Waals surface area (Å²) < 4.78 is 5.27. The first-order valence-electron chi connectivity index (χ1n) is 6.84. The van der Waals surface area contributed by atoms with Crippen molar-refractivity contribution in [1.29, 1.82) is 0 Å². The van der Waals surface area contributed by atoms with E-state index in [1.54, 1.807) is 13.2 Å². The van der Waals surface area contributed by atoms with Gasteiger partial charge in [0.2, 0.25) is 0 Å². The van der Waals surface area contributed by atoms with Crippen LogP contribution >= 0.6 is 11.6 Å². The van der Waals surface area contributed by atoms with E-state index in [1.165, 1.54) is 0 Å². The third-order valence-corrected chi connectivity index (χ3v) is 3.86. The van der Waals surface area contributed by atoms with Gasteiger partial charge >= 0.3 is 0 Å². The normalized spacial score (nSPS) is 21.9. The summed E-state index contributed by atoms with van der Waals surface area (Å²) in [6, 6.07) is 5.37. The molecule has 1 saturated heterocycles. The molecule has 4 nitrogen and oxygen atoms in total. The van der Waals surface area contributed by atoms with Crippen LogP contribution < -0.4 is 10.6 Å². The van der Waals surface area contributed by atoms with E-state index >= 15 is 0 Å². The Morgan fingerprint density at radius 2 is 2.30 bits per heavy atom. The van der Waals surface area contributed by atoms with Gasteiger partial charge in [-0.05, 0) is 50.1 Å². The summed E-state index contributed by atoms with van der Waals surface area (Å²) in [6.45, 7) is 4.05. The minimum atomic E-state index is -0.141. The fraction of sp³-hybridized carbons (Fsp3) is 0.533. The molecule has 110 valence electrons. The van der Waals surface area contributed by atoms with Crippen molar-refractivity contribution < 1.29 is 9.53 Å². The molecule has 2 rings (SSSR count). The van der Waals surface area contributed by atoms with Crippen molar-refractivity contribution in [3.8, 4) is 0 Å². The minimum Gasteiger partial charge on any atom is -0.383 e. The van der Waals surface area contributed by atoms with Crippen molar-refractivity contribution in [2.45, 2.75) is 25.3 Å². The zero-order valence-electron chi connectivity index (χ0n) is 12.0. The lowest BCUT2D eigenvalue weighted by molar-refractivity contribution is 0.0892. The Morgan fingerprint density at radius 3 is 2.90 bits per heavy atom. The van der Waals surface area contributed by atoms with Crippen LogP contribution in [0.3, 0.4) is 0 Å². The number of carbonyl (C=O) groups excluding carboxylic acids is 1. The highest BCUT2D eigenvalue weighted by Crippen LogP contribution is 2.19. The molecule has 0 spiro atoms. The maximum absolute atomic E-state index is 12.2. The lowest BCUT2D eigenvalue weighted by atomic mass is 9.98. The molecule has 1 atom stereocenters. The second-order valence-electron chi connectivity index (χ2n) is 5.44. The first-order chi connectivity index (χ1) is 9.54. The second-order valence-corrected chi connectivity index (χ2v) is 5.88. The molecule has 1 aliphatic rings. The third-order valence-electron chi connectivity index (χ3n) is 3.64. The molecule has 1 unspecified atom stereocenters. The summed E-state index contributed by atoms with van der Waals surface area (Å²) in [4.78, 5) is 12.2. The summed E-state index contributed by atoms with van der Waals surface area (Å²) in [6.07, 6.45) is 2.12. The molecule has 0 radical (unpaired) electrons. The Morgan fingerprint density at radius 1 is 1.50 bits per heavy atom. The van der Waals surface area contributed by atoms with Crippen molar-refractivity contribution in [3.05, 3.63) is 34.3 Å². The van der Waals surface area contributed by atoms with Gasteiger partial charge in [-0.2, -0.15) is 0 Å². The molecular formula is C15H21ClN2O2. The molecule has 1 heterocycles. The number of benzene rings is 1. The predicted molar refractivity (Wildman–Crippen MR) is 80.4 cm³/mol. The number of nitrogens with one attached hydrogen (secondary N) is 2. The molecule has 0 aliphatic carbocycles. The zero-order valence-corrected chi connectivity index (χ0v) is 12.7. The summed E-state index contributed by atoms with van der Waals surface area (Å²) >= 11 is 5.99. The molecule has 1 amide bonds. The second kappa shape index (κ2) is 6.57. The summed E-state index contributed by atoms with van der Waals surface area (Å²) in [7, 11) is 1.68. The number of amides is 1. The smallest absolute Gasteiger partial charge is 0.251 e. The van der Waals surface area contributed by atoms with E-state index in [4.69, 9.17) is 16.3 Å². The molecule has 1 aromatic carbocycles. The van der Waals surface area contributed by atoms with Crippen LogP contribution in [0.2, 0.25) is 5.02 Å². The highest BCUT2D eigenvalue weighted by molar-refractivity contribution is 6.31. The van der Waals surface area contributed by atoms with Crippen LogP contribution in [0.5, 0.6) is 0 Å². The predicted octanol–water partition coefficient (Wildman–Crippen LogP) is 2.15. The van der Waals surface area contributed by atoms with Crippen LogP contribution in [-0.4, -0.2) is 38.3 Å².